The van der Waals surface area contributed by atoms with E-state index in [4.69, 9.17) is 0 Å². The van der Waals surface area contributed by atoms with Crippen molar-refractivity contribution in [3.05, 3.63) is 0 Å². The first-order chi connectivity index (χ1) is 6.41. The molecule has 0 saturated carbocycles. The van der Waals surface area contributed by atoms with E-state index in [-0.39, 0.29) is 17.3 Å². The third kappa shape index (κ3) is 14600. The van der Waals surface area contributed by atoms with E-state index < -0.39 is 0 Å². The molecule has 0 bridgehead atoms. The second-order valence-corrected chi connectivity index (χ2v) is 0.192. The Morgan fingerprint density at radius 3 is 0.667 bits per heavy atom. The summed E-state index contributed by atoms with van der Waals surface area (Å²) in [4.78, 5) is 0. The second kappa shape index (κ2) is 1340. The minimum atomic E-state index is 0. The Labute approximate surface area is 111 Å². The molecule has 0 aliphatic heterocycles. The molecule has 0 atom stereocenters. The highest BCUT2D eigenvalue weighted by Gasteiger charge is 1.41. The van der Waals surface area contributed by atoms with Gasteiger partial charge in [0.1, 0.15) is 0 Å². The summed E-state index contributed by atoms with van der Waals surface area (Å²) in [7, 11) is 18.0. The standard InChI is InChI=1S/4C2H6.CH4.B3.B2.B.H2/c4*1-2;;1-3-2;1-2;;/h4*1-2H3;1H4;;;;1H/i;;;;;;;;1+2. The molecule has 0 fully saturated rings. The minimum Gasteiger partial charge on any atom is -0.0776 e. The summed E-state index contributed by atoms with van der Waals surface area (Å²) >= 11 is 0. The van der Waals surface area contributed by atoms with E-state index in [9.17, 15) is 0 Å². The monoisotopic (exact) mass is 206 g/mol. The van der Waals surface area contributed by atoms with Crippen molar-refractivity contribution in [2.45, 2.75) is 62.8 Å². The molecule has 0 aliphatic carbocycles. The summed E-state index contributed by atoms with van der Waals surface area (Å²) in [6, 6.07) is 0. The molecule has 0 aromatic heterocycles. The third-order valence-electron chi connectivity index (χ3n) is 0. The van der Waals surface area contributed by atoms with Crippen LogP contribution < -0.4 is 0 Å². The molecule has 0 heterocycles. The molecule has 6 heteroatoms. The van der Waals surface area contributed by atoms with Crippen LogP contribution in [0, 0.1) is 0 Å². The maximum Gasteiger partial charge on any atom is 0 e. The fourth-order valence-electron chi connectivity index (χ4n) is 0. The Bertz CT molecular complexity index is 20.0. The van der Waals surface area contributed by atoms with Crippen LogP contribution in [0.15, 0.2) is 0 Å². The van der Waals surface area contributed by atoms with Gasteiger partial charge in [-0.25, -0.2) is 0 Å². The van der Waals surface area contributed by atoms with Crippen molar-refractivity contribution in [1.29, 1.82) is 0 Å². The van der Waals surface area contributed by atoms with Crippen LogP contribution in [0.3, 0.4) is 0 Å². The average Bonchev–Trinajstić information content (AvgIpc) is 2.32. The molecular formula is C9H30B6. The van der Waals surface area contributed by atoms with Crippen molar-refractivity contribution < 1.29 is 1.43 Å². The van der Waals surface area contributed by atoms with Gasteiger partial charge in [-0.1, -0.05) is 62.8 Å². The molecule has 84 valence electrons. The van der Waals surface area contributed by atoms with Crippen LogP contribution in [-0.2, 0) is 0 Å². The largest absolute Gasteiger partial charge is 0.0776 e. The number of hydrogen-bond acceptors (Lipinski definition) is 0. The Morgan fingerprint density at radius 2 is 0.667 bits per heavy atom. The highest BCUT2D eigenvalue weighted by molar-refractivity contribution is 7.17. The van der Waals surface area contributed by atoms with Gasteiger partial charge in [0.15, 0.2) is 0 Å². The fourth-order valence-corrected chi connectivity index (χ4v) is 0. The van der Waals surface area contributed by atoms with Crippen molar-refractivity contribution in [1.82, 2.24) is 0 Å². The van der Waals surface area contributed by atoms with Gasteiger partial charge >= 0.3 is 0 Å². The molecule has 0 saturated heterocycles. The maximum atomic E-state index is 4.50. The van der Waals surface area contributed by atoms with Crippen molar-refractivity contribution >= 4 is 46.4 Å². The maximum absolute atomic E-state index is 4.50. The van der Waals surface area contributed by atoms with Gasteiger partial charge in [-0.2, -0.15) is 0 Å². The molecule has 0 aromatic rings. The first-order valence-electron chi connectivity index (χ1n) is 5.00. The molecule has 0 aromatic carbocycles. The zero-order valence-corrected chi connectivity index (χ0v) is 11.5. The summed E-state index contributed by atoms with van der Waals surface area (Å²) in [5, 5.41) is 0. The van der Waals surface area contributed by atoms with Crippen LogP contribution >= 0.6 is 0 Å². The quantitative estimate of drug-likeness (QED) is 0.533. The van der Waals surface area contributed by atoms with Gasteiger partial charge in [-0.3, -0.25) is 0 Å². The summed E-state index contributed by atoms with van der Waals surface area (Å²) in [6.07, 6.45) is 0. The molecule has 0 spiro atoms. The van der Waals surface area contributed by atoms with Gasteiger partial charge in [0.2, 0.25) is 0 Å². The lowest BCUT2D eigenvalue weighted by atomic mass is 9.40. The first-order valence-corrected chi connectivity index (χ1v) is 5.00. The zero-order valence-electron chi connectivity index (χ0n) is 11.5. The second-order valence-electron chi connectivity index (χ2n) is 0.192. The van der Waals surface area contributed by atoms with Gasteiger partial charge in [-0.05, 0) is 0 Å². The van der Waals surface area contributed by atoms with Crippen LogP contribution in [-0.4, -0.2) is 46.4 Å². The minimum absolute atomic E-state index is 0. The van der Waals surface area contributed by atoms with E-state index >= 15 is 0 Å². The molecule has 0 unspecified atom stereocenters. The van der Waals surface area contributed by atoms with Gasteiger partial charge in [0, 0.05) is 47.8 Å². The molecular weight excluding hydrogens is 173 g/mol. The Kier molecular flexibility index (Phi) is 5200. The SMILES string of the molecule is C.CC.CC.CC.CC.[3HH].[B].[B][B].[B][B][B]. The lowest BCUT2D eigenvalue weighted by Gasteiger charge is -1.41. The van der Waals surface area contributed by atoms with E-state index in [2.05, 4.69) is 30.9 Å². The normalized spacial score (nSPS) is 2.67. The third-order valence-corrected chi connectivity index (χ3v) is 0. The first kappa shape index (κ1) is 58.4. The fraction of sp³-hybridized carbons (Fsp3) is 1.00. The predicted octanol–water partition coefficient (Wildman–Crippen LogP) is 2.70. The molecule has 0 nitrogen and oxygen atoms in total. The van der Waals surface area contributed by atoms with Crippen molar-refractivity contribution in [2.75, 3.05) is 0 Å². The molecule has 12 radical (unpaired) electrons. The van der Waals surface area contributed by atoms with Gasteiger partial charge in [-0.15, -0.1) is 0 Å². The van der Waals surface area contributed by atoms with E-state index in [1.807, 2.05) is 55.4 Å². The van der Waals surface area contributed by atoms with E-state index in [1.54, 1.807) is 0 Å². The number of hydrogen-bond donors (Lipinski definition) is 0. The van der Waals surface area contributed by atoms with Crippen molar-refractivity contribution in [3.8, 4) is 0 Å². The molecule has 0 N–H and O–H groups in total. The van der Waals surface area contributed by atoms with E-state index in [0.29, 0.717) is 0 Å². The Hall–Kier alpha value is 0.390. The smallest absolute Gasteiger partial charge is 0 e. The van der Waals surface area contributed by atoms with Gasteiger partial charge < -0.3 is 0 Å². The highest BCUT2D eigenvalue weighted by Crippen LogP contribution is 1.15. The molecule has 0 aliphatic rings. The molecule has 15 heavy (non-hydrogen) atoms. The summed E-state index contributed by atoms with van der Waals surface area (Å²) in [5.74, 6) is 0. The highest BCUT2D eigenvalue weighted by atomic mass is 13.0. The van der Waals surface area contributed by atoms with Crippen LogP contribution in [0.5, 0.6) is 0 Å². The predicted molar refractivity (Wildman–Crippen MR) is 88.8 cm³/mol. The van der Waals surface area contributed by atoms with Crippen molar-refractivity contribution in [3.63, 3.8) is 0 Å². The topological polar surface area (TPSA) is 0 Å². The lowest BCUT2D eigenvalue weighted by molar-refractivity contribution is 1.50. The number of rotatable bonds is 0. The zero-order chi connectivity index (χ0) is 12.7. The summed E-state index contributed by atoms with van der Waals surface area (Å²) < 4.78 is 0. The van der Waals surface area contributed by atoms with Crippen LogP contribution in [0.25, 0.3) is 0 Å². The van der Waals surface area contributed by atoms with Gasteiger partial charge in [0.05, 0.1) is 0 Å². The van der Waals surface area contributed by atoms with E-state index in [0.717, 1.165) is 7.06 Å². The van der Waals surface area contributed by atoms with E-state index in [1.165, 1.54) is 0 Å². The van der Waals surface area contributed by atoms with Crippen molar-refractivity contribution in [2.24, 2.45) is 0 Å². The Morgan fingerprint density at radius 1 is 0.667 bits per heavy atom. The molecule has 0 rings (SSSR count). The van der Waals surface area contributed by atoms with Crippen LogP contribution in [0.4, 0.5) is 0 Å². The molecule has 0 amide bonds. The van der Waals surface area contributed by atoms with Crippen LogP contribution in [0.1, 0.15) is 64.2 Å². The van der Waals surface area contributed by atoms with Crippen LogP contribution in [0.2, 0.25) is 0 Å². The Balaban J connectivity index is -0.00000000511. The summed E-state index contributed by atoms with van der Waals surface area (Å²) in [6.45, 7) is 16.0. The summed E-state index contributed by atoms with van der Waals surface area (Å²) in [5.41, 5.74) is 0. The average molecular weight is 205 g/mol. The van der Waals surface area contributed by atoms with Gasteiger partial charge in [0.25, 0.3) is 0 Å². The lowest BCUT2D eigenvalue weighted by Crippen LogP contribution is -1.79.